The summed E-state index contributed by atoms with van der Waals surface area (Å²) in [7, 11) is 0. The Labute approximate surface area is 132 Å². The average molecular weight is 297 g/mol. The van der Waals surface area contributed by atoms with Gasteiger partial charge in [0.05, 0.1) is 12.6 Å². The van der Waals surface area contributed by atoms with Crippen LogP contribution in [0.4, 0.5) is 5.69 Å². The number of nitriles is 1. The minimum atomic E-state index is -0.705. The van der Waals surface area contributed by atoms with Crippen LogP contribution < -0.4 is 10.2 Å². The van der Waals surface area contributed by atoms with Crippen LogP contribution in [-0.2, 0) is 11.2 Å². The van der Waals surface area contributed by atoms with Gasteiger partial charge in [-0.05, 0) is 57.1 Å². The molecule has 1 amide bonds. The van der Waals surface area contributed by atoms with Gasteiger partial charge in [-0.3, -0.25) is 4.79 Å². The molecule has 1 atom stereocenters. The predicted octanol–water partition coefficient (Wildman–Crippen LogP) is 2.56. The van der Waals surface area contributed by atoms with Crippen LogP contribution in [0.1, 0.15) is 37.3 Å². The predicted molar refractivity (Wildman–Crippen MR) is 86.6 cm³/mol. The molecule has 3 rings (SSSR count). The number of aryl methyl sites for hydroxylation is 2. The molecule has 2 aliphatic rings. The van der Waals surface area contributed by atoms with Crippen molar-refractivity contribution in [2.24, 2.45) is 5.92 Å². The van der Waals surface area contributed by atoms with Crippen LogP contribution in [0.15, 0.2) is 18.2 Å². The maximum atomic E-state index is 12.4. The van der Waals surface area contributed by atoms with Crippen molar-refractivity contribution < 1.29 is 4.79 Å². The van der Waals surface area contributed by atoms with Crippen LogP contribution in [0, 0.1) is 24.2 Å². The lowest BCUT2D eigenvalue weighted by Crippen LogP contribution is -2.50. The third-order valence-corrected chi connectivity index (χ3v) is 4.81. The number of anilines is 1. The van der Waals surface area contributed by atoms with Gasteiger partial charge in [-0.25, -0.2) is 0 Å². The van der Waals surface area contributed by atoms with Gasteiger partial charge in [-0.1, -0.05) is 17.7 Å². The Bertz CT molecular complexity index is 630. The van der Waals surface area contributed by atoms with E-state index in [1.54, 1.807) is 0 Å². The van der Waals surface area contributed by atoms with E-state index in [0.717, 1.165) is 37.9 Å². The van der Waals surface area contributed by atoms with Crippen LogP contribution in [0.2, 0.25) is 0 Å². The summed E-state index contributed by atoms with van der Waals surface area (Å²) in [6, 6.07) is 8.70. The molecule has 1 heterocycles. The van der Waals surface area contributed by atoms with Gasteiger partial charge in [0.2, 0.25) is 5.91 Å². The lowest BCUT2D eigenvalue weighted by atomic mass is 9.97. The average Bonchev–Trinajstić information content (AvgIpc) is 3.32. The zero-order valence-corrected chi connectivity index (χ0v) is 13.4. The fourth-order valence-electron chi connectivity index (χ4n) is 3.35. The number of nitrogens with zero attached hydrogens (tertiary/aromatic N) is 2. The molecule has 1 saturated carbocycles. The summed E-state index contributed by atoms with van der Waals surface area (Å²) in [5, 5.41) is 12.3. The lowest BCUT2D eigenvalue weighted by molar-refractivity contribution is -0.121. The Morgan fingerprint density at radius 2 is 2.27 bits per heavy atom. The second-order valence-corrected chi connectivity index (χ2v) is 6.79. The first-order valence-electron chi connectivity index (χ1n) is 8.08. The Balaban J connectivity index is 1.69. The maximum absolute atomic E-state index is 12.4. The Hall–Kier alpha value is -2.02. The van der Waals surface area contributed by atoms with Crippen molar-refractivity contribution in [2.75, 3.05) is 18.0 Å². The molecule has 0 spiro atoms. The van der Waals surface area contributed by atoms with Gasteiger partial charge in [0.15, 0.2) is 0 Å². The maximum Gasteiger partial charge on any atom is 0.240 e. The molecule has 116 valence electrons. The second-order valence-electron chi connectivity index (χ2n) is 6.79. The van der Waals surface area contributed by atoms with E-state index in [2.05, 4.69) is 41.4 Å². The zero-order valence-electron chi connectivity index (χ0n) is 13.4. The van der Waals surface area contributed by atoms with Crippen molar-refractivity contribution in [1.29, 1.82) is 5.26 Å². The van der Waals surface area contributed by atoms with Gasteiger partial charge in [0.1, 0.15) is 5.54 Å². The van der Waals surface area contributed by atoms with Crippen molar-refractivity contribution in [3.05, 3.63) is 29.3 Å². The largest absolute Gasteiger partial charge is 0.362 e. The molecule has 0 bridgehead atoms. The molecule has 22 heavy (non-hydrogen) atoms. The van der Waals surface area contributed by atoms with E-state index >= 15 is 0 Å². The Morgan fingerprint density at radius 3 is 2.95 bits per heavy atom. The molecule has 1 aromatic rings. The summed E-state index contributed by atoms with van der Waals surface area (Å²) in [5.41, 5.74) is 3.04. The van der Waals surface area contributed by atoms with E-state index in [-0.39, 0.29) is 5.91 Å². The van der Waals surface area contributed by atoms with E-state index in [9.17, 15) is 10.1 Å². The van der Waals surface area contributed by atoms with E-state index in [4.69, 9.17) is 0 Å². The lowest BCUT2D eigenvalue weighted by Gasteiger charge is -2.32. The number of hydrogen-bond acceptors (Lipinski definition) is 3. The van der Waals surface area contributed by atoms with E-state index in [1.165, 1.54) is 11.1 Å². The molecule has 4 heteroatoms. The molecule has 1 aromatic carbocycles. The number of amides is 1. The SMILES string of the molecule is Cc1ccc2c(c1)CCCN2CC(=O)N[C@](C)(C#N)C1CC1. The van der Waals surface area contributed by atoms with Crippen LogP contribution in [0.3, 0.4) is 0 Å². The third-order valence-electron chi connectivity index (χ3n) is 4.81. The van der Waals surface area contributed by atoms with E-state index < -0.39 is 5.54 Å². The number of fused-ring (bicyclic) bond motifs is 1. The smallest absolute Gasteiger partial charge is 0.240 e. The molecule has 0 aromatic heterocycles. The number of carbonyl (C=O) groups excluding carboxylic acids is 1. The standard InChI is InChI=1S/C18H23N3O/c1-13-5-8-16-14(10-13)4-3-9-21(16)11-17(22)20-18(2,12-19)15-6-7-15/h5,8,10,15H,3-4,6-7,9,11H2,1-2H3,(H,20,22)/t18-/m1/s1. The molecule has 1 aliphatic carbocycles. The molecular formula is C18H23N3O. The number of carbonyl (C=O) groups is 1. The summed E-state index contributed by atoms with van der Waals surface area (Å²) < 4.78 is 0. The number of benzene rings is 1. The number of nitrogens with one attached hydrogen (secondary N) is 1. The fourth-order valence-corrected chi connectivity index (χ4v) is 3.35. The summed E-state index contributed by atoms with van der Waals surface area (Å²) in [6.07, 6.45) is 4.22. The van der Waals surface area contributed by atoms with Crippen LogP contribution in [-0.4, -0.2) is 24.5 Å². The first-order chi connectivity index (χ1) is 10.5. The van der Waals surface area contributed by atoms with E-state index in [0.29, 0.717) is 12.5 Å². The summed E-state index contributed by atoms with van der Waals surface area (Å²) in [6.45, 7) is 5.17. The van der Waals surface area contributed by atoms with Crippen molar-refractivity contribution in [3.63, 3.8) is 0 Å². The molecule has 0 radical (unpaired) electrons. The highest BCUT2D eigenvalue weighted by molar-refractivity contribution is 5.83. The highest BCUT2D eigenvalue weighted by Gasteiger charge is 2.43. The van der Waals surface area contributed by atoms with Gasteiger partial charge in [0.25, 0.3) is 0 Å². The minimum absolute atomic E-state index is 0.0515. The Morgan fingerprint density at radius 1 is 1.50 bits per heavy atom. The third kappa shape index (κ3) is 2.94. The quantitative estimate of drug-likeness (QED) is 0.929. The molecule has 4 nitrogen and oxygen atoms in total. The summed E-state index contributed by atoms with van der Waals surface area (Å²) >= 11 is 0. The first-order valence-corrected chi connectivity index (χ1v) is 8.08. The number of rotatable bonds is 4. The van der Waals surface area contributed by atoms with Gasteiger partial charge in [-0.2, -0.15) is 5.26 Å². The van der Waals surface area contributed by atoms with Gasteiger partial charge < -0.3 is 10.2 Å². The molecule has 1 fully saturated rings. The molecule has 1 N–H and O–H groups in total. The molecule has 0 saturated heterocycles. The summed E-state index contributed by atoms with van der Waals surface area (Å²) in [4.78, 5) is 14.5. The monoisotopic (exact) mass is 297 g/mol. The highest BCUT2D eigenvalue weighted by Crippen LogP contribution is 2.39. The van der Waals surface area contributed by atoms with Crippen molar-refractivity contribution >= 4 is 11.6 Å². The summed E-state index contributed by atoms with van der Waals surface area (Å²) in [5.74, 6) is 0.266. The normalized spacial score (nSPS) is 19.8. The molecule has 0 unspecified atom stereocenters. The highest BCUT2D eigenvalue weighted by atomic mass is 16.2. The van der Waals surface area contributed by atoms with Crippen LogP contribution in [0.25, 0.3) is 0 Å². The number of hydrogen-bond donors (Lipinski definition) is 1. The molecular weight excluding hydrogens is 274 g/mol. The fraction of sp³-hybridized carbons (Fsp3) is 0.556. The van der Waals surface area contributed by atoms with Crippen molar-refractivity contribution in [2.45, 2.75) is 45.1 Å². The van der Waals surface area contributed by atoms with Gasteiger partial charge in [0, 0.05) is 12.2 Å². The second kappa shape index (κ2) is 5.64. The first kappa shape index (κ1) is 14.9. The van der Waals surface area contributed by atoms with Crippen molar-refractivity contribution in [1.82, 2.24) is 5.32 Å². The van der Waals surface area contributed by atoms with Crippen LogP contribution >= 0.6 is 0 Å². The van der Waals surface area contributed by atoms with Gasteiger partial charge >= 0.3 is 0 Å². The minimum Gasteiger partial charge on any atom is -0.362 e. The topological polar surface area (TPSA) is 56.1 Å². The van der Waals surface area contributed by atoms with Crippen LogP contribution in [0.5, 0.6) is 0 Å². The van der Waals surface area contributed by atoms with Gasteiger partial charge in [-0.15, -0.1) is 0 Å². The Kier molecular flexibility index (Phi) is 3.82. The van der Waals surface area contributed by atoms with E-state index in [1.807, 2.05) is 6.92 Å². The van der Waals surface area contributed by atoms with Crippen molar-refractivity contribution in [3.8, 4) is 6.07 Å². The zero-order chi connectivity index (χ0) is 15.7. The molecule has 1 aliphatic heterocycles.